The summed E-state index contributed by atoms with van der Waals surface area (Å²) in [6.45, 7) is 10.8. The van der Waals surface area contributed by atoms with Crippen molar-refractivity contribution in [2.24, 2.45) is 11.8 Å². The fourth-order valence-corrected chi connectivity index (χ4v) is 9.73. The summed E-state index contributed by atoms with van der Waals surface area (Å²) in [5.41, 5.74) is 5.32. The summed E-state index contributed by atoms with van der Waals surface area (Å²) in [7, 11) is 2.46. The monoisotopic (exact) mass is 996 g/mol. The van der Waals surface area contributed by atoms with Crippen LogP contribution in [-0.4, -0.2) is 60.0 Å². The Morgan fingerprint density at radius 1 is 0.667 bits per heavy atom. The van der Waals surface area contributed by atoms with E-state index in [9.17, 15) is 44.5 Å². The molecule has 8 unspecified atom stereocenters. The quantitative estimate of drug-likeness (QED) is 0.0372. The van der Waals surface area contributed by atoms with E-state index < -0.39 is 18.4 Å². The summed E-state index contributed by atoms with van der Waals surface area (Å²) in [6.07, 6.45) is 11.2. The van der Waals surface area contributed by atoms with Crippen LogP contribution in [0.3, 0.4) is 0 Å². The van der Waals surface area contributed by atoms with Gasteiger partial charge in [-0.3, -0.25) is 4.90 Å². The van der Waals surface area contributed by atoms with Crippen LogP contribution in [0, 0.1) is 23.5 Å². The van der Waals surface area contributed by atoms with E-state index in [4.69, 9.17) is 0 Å². The number of hydrogen-bond acceptors (Lipinski definition) is 9. The minimum atomic E-state index is -0.756. The molecule has 2 saturated heterocycles. The van der Waals surface area contributed by atoms with E-state index in [2.05, 4.69) is 33.4 Å². The van der Waals surface area contributed by atoms with Crippen molar-refractivity contribution in [3.63, 3.8) is 0 Å². The lowest BCUT2D eigenvalue weighted by Crippen LogP contribution is -2.32. The molecule has 0 aliphatic carbocycles. The molecule has 6 aromatic carbocycles. The van der Waals surface area contributed by atoms with Gasteiger partial charge in [0, 0.05) is 35.5 Å². The van der Waals surface area contributed by atoms with Crippen LogP contribution in [0.1, 0.15) is 92.0 Å². The van der Waals surface area contributed by atoms with Gasteiger partial charge in [-0.15, -0.1) is 9.24 Å². The van der Waals surface area contributed by atoms with Gasteiger partial charge >= 0.3 is 0 Å². The van der Waals surface area contributed by atoms with E-state index in [1.165, 1.54) is 36.4 Å². The number of hydrogen-bond donors (Lipinski definition) is 7. The maximum Gasteiger partial charge on any atom is 0.127 e. The molecule has 2 aliphatic rings. The Kier molecular flexibility index (Phi) is 20.3. The van der Waals surface area contributed by atoms with Crippen molar-refractivity contribution in [3.05, 3.63) is 222 Å². The molecular weight excluding hydrogens is 930 g/mol. The van der Waals surface area contributed by atoms with Crippen molar-refractivity contribution in [2.45, 2.75) is 76.0 Å². The van der Waals surface area contributed by atoms with Gasteiger partial charge in [-0.05, 0) is 153 Å². The Bertz CT molecular complexity index is 2730. The minimum Gasteiger partial charge on any atom is -0.508 e. The van der Waals surface area contributed by atoms with Crippen molar-refractivity contribution in [2.75, 3.05) is 18.0 Å². The number of para-hydroxylation sites is 1. The van der Waals surface area contributed by atoms with Crippen molar-refractivity contribution >= 4 is 14.9 Å². The zero-order chi connectivity index (χ0) is 51.7. The smallest absolute Gasteiger partial charge is 0.127 e. The number of allylic oxidation sites excluding steroid dienone is 5. The fourth-order valence-electron chi connectivity index (χ4n) is 9.73. The molecule has 378 valence electrons. The van der Waals surface area contributed by atoms with Crippen molar-refractivity contribution < 1.29 is 44.5 Å². The van der Waals surface area contributed by atoms with E-state index >= 15 is 0 Å². The maximum absolute atomic E-state index is 13.3. The van der Waals surface area contributed by atoms with E-state index in [0.717, 1.165) is 53.6 Å². The number of aliphatic hydroxyl groups is 3. The molecule has 0 amide bonds. The molecule has 2 aliphatic heterocycles. The second kappa shape index (κ2) is 26.7. The fraction of sp³-hybridized carbons (Fsp3) is 0.267. The number of rotatable bonds is 16. The van der Waals surface area contributed by atoms with E-state index in [1.54, 1.807) is 60.7 Å². The third-order valence-corrected chi connectivity index (χ3v) is 13.1. The van der Waals surface area contributed by atoms with Crippen molar-refractivity contribution in [3.8, 4) is 34.1 Å². The SMILES string of the molecule is C=C(C)P.C=C/C=C\C=C/CN1CCC(CCC(O)c2ccc(F)cc2)C1c1ccc(-c2cccc(O)c2)cc1O.Oc1ccc(C2C(CCC(O)c3ccc(F)cc3)CC(O)N2c2ccccc2)c(O)c1. The summed E-state index contributed by atoms with van der Waals surface area (Å²) in [6, 6.07) is 38.1. The summed E-state index contributed by atoms with van der Waals surface area (Å²) < 4.78 is 26.5. The second-order valence-corrected chi connectivity index (χ2v) is 19.4. The lowest BCUT2D eigenvalue weighted by atomic mass is 9.87. The van der Waals surface area contributed by atoms with Gasteiger partial charge in [0.25, 0.3) is 0 Å². The Morgan fingerprint density at radius 2 is 1.22 bits per heavy atom. The van der Waals surface area contributed by atoms with Crippen LogP contribution in [0.2, 0.25) is 0 Å². The Balaban J connectivity index is 0.000000222. The van der Waals surface area contributed by atoms with Gasteiger partial charge in [0.1, 0.15) is 40.9 Å². The first-order valence-corrected chi connectivity index (χ1v) is 24.8. The first-order chi connectivity index (χ1) is 34.6. The molecule has 0 bridgehead atoms. The van der Waals surface area contributed by atoms with E-state index in [0.29, 0.717) is 42.4 Å². The standard InChI is InChI=1S/C32H34FNO3.C25H26FNO4.C3H7P/c1-2-3-4-5-6-19-34-20-18-24(13-17-30(36)23-10-14-27(33)15-11-23)32(34)29-16-12-26(22-31(29)37)25-8-7-9-28(35)21-25;26-18-9-6-16(7-10-18)22(29)13-8-17-14-24(31)27(19-4-2-1-3-5-19)25(17)21-12-11-20(28)15-23(21)30;1-3(2)4/h2-12,14-16,21-22,24,30,32,35-37H,1,13,17-20H2;1-7,9-12,15,17,22,24-25,28-31H,8,13-14H2;1,4H2,2H3/b4-3-,6-5-;;. The molecule has 8 rings (SSSR count). The number of aliphatic hydroxyl groups excluding tert-OH is 3. The number of anilines is 1. The molecule has 0 aromatic heterocycles. The number of likely N-dealkylation sites (tertiary alicyclic amines) is 1. The van der Waals surface area contributed by atoms with Gasteiger partial charge in [0.2, 0.25) is 0 Å². The van der Waals surface area contributed by atoms with Crippen LogP contribution in [0.4, 0.5) is 14.5 Å². The molecule has 2 fully saturated rings. The molecule has 8 atom stereocenters. The van der Waals surface area contributed by atoms with E-state index in [-0.39, 0.29) is 58.6 Å². The molecule has 12 heteroatoms. The molecule has 0 saturated carbocycles. The summed E-state index contributed by atoms with van der Waals surface area (Å²) in [5.74, 6) is -0.152. The van der Waals surface area contributed by atoms with Gasteiger partial charge < -0.3 is 40.6 Å². The van der Waals surface area contributed by atoms with Gasteiger partial charge in [-0.1, -0.05) is 116 Å². The Morgan fingerprint density at radius 3 is 1.81 bits per heavy atom. The van der Waals surface area contributed by atoms with Crippen LogP contribution in [0.5, 0.6) is 23.0 Å². The predicted molar refractivity (Wildman–Crippen MR) is 287 cm³/mol. The first kappa shape index (κ1) is 54.7. The number of halogens is 2. The molecule has 9 nitrogen and oxygen atoms in total. The highest BCUT2D eigenvalue weighted by Crippen LogP contribution is 2.49. The molecular formula is C60H67F2N2O7P. The molecule has 7 N–H and O–H groups in total. The van der Waals surface area contributed by atoms with E-state index in [1.807, 2.05) is 78.6 Å². The first-order valence-electron chi connectivity index (χ1n) is 24.2. The van der Waals surface area contributed by atoms with Crippen LogP contribution in [-0.2, 0) is 0 Å². The van der Waals surface area contributed by atoms with Crippen LogP contribution >= 0.6 is 9.24 Å². The molecule has 2 heterocycles. The summed E-state index contributed by atoms with van der Waals surface area (Å²) >= 11 is 0. The van der Waals surface area contributed by atoms with Crippen LogP contribution < -0.4 is 4.90 Å². The molecule has 0 radical (unpaired) electrons. The van der Waals surface area contributed by atoms with Gasteiger partial charge in [0.05, 0.1) is 18.2 Å². The zero-order valence-corrected chi connectivity index (χ0v) is 41.8. The Hall–Kier alpha value is -6.59. The van der Waals surface area contributed by atoms with Gasteiger partial charge in [0.15, 0.2) is 0 Å². The minimum absolute atomic E-state index is 0.00771. The average Bonchev–Trinajstić information content (AvgIpc) is 3.92. The van der Waals surface area contributed by atoms with Crippen molar-refractivity contribution in [1.82, 2.24) is 4.90 Å². The summed E-state index contributed by atoms with van der Waals surface area (Å²) in [4.78, 5) is 4.23. The lowest BCUT2D eigenvalue weighted by molar-refractivity contribution is 0.149. The number of phenols is 4. The Labute approximate surface area is 424 Å². The molecule has 0 spiro atoms. The van der Waals surface area contributed by atoms with Crippen LogP contribution in [0.15, 0.2) is 188 Å². The topological polar surface area (TPSA) is 148 Å². The largest absolute Gasteiger partial charge is 0.508 e. The molecule has 6 aromatic rings. The maximum atomic E-state index is 13.3. The lowest BCUT2D eigenvalue weighted by Gasteiger charge is -2.32. The number of benzene rings is 6. The number of phenolic OH excluding ortho intramolecular Hbond substituents is 4. The van der Waals surface area contributed by atoms with Gasteiger partial charge in [-0.25, -0.2) is 8.78 Å². The molecule has 72 heavy (non-hydrogen) atoms. The average molecular weight is 997 g/mol. The van der Waals surface area contributed by atoms with Gasteiger partial charge in [-0.2, -0.15) is 0 Å². The summed E-state index contributed by atoms with van der Waals surface area (Å²) in [5, 5.41) is 74.5. The predicted octanol–water partition coefficient (Wildman–Crippen LogP) is 13.1. The third-order valence-electron chi connectivity index (χ3n) is 13.1. The number of aromatic hydroxyl groups is 4. The highest BCUT2D eigenvalue weighted by molar-refractivity contribution is 7.22. The highest BCUT2D eigenvalue weighted by Gasteiger charge is 2.42. The zero-order valence-electron chi connectivity index (χ0n) is 40.6. The highest BCUT2D eigenvalue weighted by atomic mass is 31.0. The third kappa shape index (κ3) is 15.2. The van der Waals surface area contributed by atoms with Crippen molar-refractivity contribution in [1.29, 1.82) is 0 Å². The normalized spacial score (nSPS) is 19.6. The number of nitrogens with zero attached hydrogens (tertiary/aromatic N) is 2. The van der Waals surface area contributed by atoms with Crippen LogP contribution in [0.25, 0.3) is 11.1 Å². The second-order valence-electron chi connectivity index (χ2n) is 18.4.